The molecule has 1 aromatic carbocycles. The number of rotatable bonds is 7. The molecule has 0 fully saturated rings. The van der Waals surface area contributed by atoms with E-state index in [1.165, 1.54) is 12.3 Å². The lowest BCUT2D eigenvalue weighted by Gasteiger charge is -2.20. The van der Waals surface area contributed by atoms with Gasteiger partial charge in [0.1, 0.15) is 11.5 Å². The summed E-state index contributed by atoms with van der Waals surface area (Å²) >= 11 is 12.0. The minimum Gasteiger partial charge on any atom is -0.293 e. The summed E-state index contributed by atoms with van der Waals surface area (Å²) in [5.74, 6) is 0.124. The molecule has 0 aliphatic carbocycles. The zero-order valence-corrected chi connectivity index (χ0v) is 16.1. The molecule has 0 unspecified atom stereocenters. The molecule has 0 amide bonds. The second kappa shape index (κ2) is 8.19. The lowest BCUT2D eigenvalue weighted by molar-refractivity contribution is -0.137. The van der Waals surface area contributed by atoms with Crippen LogP contribution in [0.5, 0.6) is 0 Å². The molecule has 144 valence electrons. The van der Waals surface area contributed by atoms with Gasteiger partial charge in [-0.25, -0.2) is 9.25 Å². The smallest absolute Gasteiger partial charge is 0.293 e. The van der Waals surface area contributed by atoms with Crippen LogP contribution in [0.15, 0.2) is 24.4 Å². The maximum Gasteiger partial charge on any atom is 0.433 e. The summed E-state index contributed by atoms with van der Waals surface area (Å²) in [7, 11) is -3.70. The minimum absolute atomic E-state index is 0.00613. The molecule has 0 aliphatic rings. The summed E-state index contributed by atoms with van der Waals surface area (Å²) in [6, 6.07) is 2.90. The summed E-state index contributed by atoms with van der Waals surface area (Å²) in [6.45, 7) is 3.49. The lowest BCUT2D eigenvalue weighted by Crippen LogP contribution is -2.11. The monoisotopic (exact) mass is 431 g/mol. The highest BCUT2D eigenvalue weighted by Gasteiger charge is 2.33. The number of anilines is 1. The van der Waals surface area contributed by atoms with E-state index in [1.54, 1.807) is 13.8 Å². The van der Waals surface area contributed by atoms with Crippen molar-refractivity contribution in [2.45, 2.75) is 20.0 Å². The first-order valence-electron chi connectivity index (χ1n) is 7.39. The van der Waals surface area contributed by atoms with E-state index < -0.39 is 19.5 Å². The third kappa shape index (κ3) is 4.72. The van der Waals surface area contributed by atoms with E-state index in [2.05, 4.69) is 10.2 Å². The first-order chi connectivity index (χ1) is 12.1. The standard InChI is InChI=1S/C14H15Cl2F3N3O3P/c1-3-24-26(23,25-4-2)21-12-5-6-20-22(12)13-10(15)7-9(8-11(13)16)14(17,18)19/h5-8H,3-4H2,1-2H3,(H,21,23). The Morgan fingerprint density at radius 2 is 1.73 bits per heavy atom. The molecule has 0 spiro atoms. The van der Waals surface area contributed by atoms with Gasteiger partial charge >= 0.3 is 13.9 Å². The van der Waals surface area contributed by atoms with Gasteiger partial charge in [-0.1, -0.05) is 23.2 Å². The Bertz CT molecular complexity index is 796. The van der Waals surface area contributed by atoms with Crippen molar-refractivity contribution in [2.75, 3.05) is 18.3 Å². The van der Waals surface area contributed by atoms with E-state index in [0.29, 0.717) is 0 Å². The topological polar surface area (TPSA) is 65.4 Å². The summed E-state index contributed by atoms with van der Waals surface area (Å²) < 4.78 is 62.6. The average Bonchev–Trinajstić information content (AvgIpc) is 2.93. The van der Waals surface area contributed by atoms with Gasteiger partial charge in [0, 0.05) is 6.07 Å². The van der Waals surface area contributed by atoms with Crippen molar-refractivity contribution < 1.29 is 26.8 Å². The molecule has 0 saturated heterocycles. The molecule has 12 heteroatoms. The molecule has 2 rings (SSSR count). The SMILES string of the molecule is CCOP(=O)(Nc1ccnn1-c1c(Cl)cc(C(F)(F)F)cc1Cl)OCC. The van der Waals surface area contributed by atoms with Crippen LogP contribution in [0.25, 0.3) is 5.69 Å². The maximum absolute atomic E-state index is 12.9. The van der Waals surface area contributed by atoms with E-state index in [0.717, 1.165) is 16.8 Å². The van der Waals surface area contributed by atoms with Crippen LogP contribution < -0.4 is 5.09 Å². The molecule has 0 atom stereocenters. The zero-order chi connectivity index (χ0) is 19.5. The van der Waals surface area contributed by atoms with Crippen LogP contribution >= 0.6 is 30.9 Å². The highest BCUT2D eigenvalue weighted by atomic mass is 35.5. The van der Waals surface area contributed by atoms with Crippen molar-refractivity contribution in [3.8, 4) is 5.69 Å². The second-order valence-corrected chi connectivity index (χ2v) is 7.41. The van der Waals surface area contributed by atoms with Crippen LogP contribution in [-0.2, 0) is 19.8 Å². The van der Waals surface area contributed by atoms with Crippen molar-refractivity contribution in [1.82, 2.24) is 9.78 Å². The fraction of sp³-hybridized carbons (Fsp3) is 0.357. The first-order valence-corrected chi connectivity index (χ1v) is 9.69. The lowest BCUT2D eigenvalue weighted by atomic mass is 10.2. The normalized spacial score (nSPS) is 12.4. The van der Waals surface area contributed by atoms with Crippen LogP contribution in [0.3, 0.4) is 0 Å². The molecule has 0 aliphatic heterocycles. The molecule has 2 aromatic rings. The number of hydrogen-bond donors (Lipinski definition) is 1. The number of alkyl halides is 3. The summed E-state index contributed by atoms with van der Waals surface area (Å²) in [4.78, 5) is 0. The second-order valence-electron chi connectivity index (χ2n) is 4.86. The molecule has 26 heavy (non-hydrogen) atoms. The maximum atomic E-state index is 12.9. The third-order valence-electron chi connectivity index (χ3n) is 3.05. The Kier molecular flexibility index (Phi) is 6.63. The molecule has 0 bridgehead atoms. The van der Waals surface area contributed by atoms with Crippen molar-refractivity contribution in [3.05, 3.63) is 40.0 Å². The van der Waals surface area contributed by atoms with E-state index in [4.69, 9.17) is 32.2 Å². The van der Waals surface area contributed by atoms with Crippen molar-refractivity contribution in [2.24, 2.45) is 0 Å². The van der Waals surface area contributed by atoms with Crippen LogP contribution in [0, 0.1) is 0 Å². The Labute approximate surface area is 157 Å². The molecule has 1 aromatic heterocycles. The summed E-state index contributed by atoms with van der Waals surface area (Å²) in [5, 5.41) is 5.99. The fourth-order valence-electron chi connectivity index (χ4n) is 2.08. The fourth-order valence-corrected chi connectivity index (χ4v) is 4.06. The minimum atomic E-state index is -4.60. The highest BCUT2D eigenvalue weighted by molar-refractivity contribution is 7.55. The number of halogens is 5. The van der Waals surface area contributed by atoms with E-state index in [9.17, 15) is 17.7 Å². The largest absolute Gasteiger partial charge is 0.433 e. The Balaban J connectivity index is 2.47. The third-order valence-corrected chi connectivity index (χ3v) is 5.32. The molecule has 1 heterocycles. The number of hydrogen-bond acceptors (Lipinski definition) is 4. The van der Waals surface area contributed by atoms with Crippen molar-refractivity contribution in [1.29, 1.82) is 0 Å². The van der Waals surface area contributed by atoms with Gasteiger partial charge in [-0.2, -0.15) is 18.3 Å². The average molecular weight is 432 g/mol. The summed E-state index contributed by atoms with van der Waals surface area (Å²) in [6.07, 6.45) is -3.27. The van der Waals surface area contributed by atoms with Crippen LogP contribution in [0.1, 0.15) is 19.4 Å². The molecule has 0 saturated carbocycles. The van der Waals surface area contributed by atoms with Gasteiger partial charge in [-0.15, -0.1) is 0 Å². The van der Waals surface area contributed by atoms with Gasteiger partial charge in [-0.05, 0) is 26.0 Å². The van der Waals surface area contributed by atoms with Crippen LogP contribution in [-0.4, -0.2) is 23.0 Å². The Hall–Kier alpha value is -1.25. The summed E-state index contributed by atoms with van der Waals surface area (Å²) in [5.41, 5.74) is -0.999. The van der Waals surface area contributed by atoms with Crippen molar-refractivity contribution in [3.63, 3.8) is 0 Å². The predicted octanol–water partition coefficient (Wildman–Crippen LogP) is 5.79. The Morgan fingerprint density at radius 3 is 2.19 bits per heavy atom. The number of benzene rings is 1. The molecule has 6 nitrogen and oxygen atoms in total. The van der Waals surface area contributed by atoms with Gasteiger partial charge in [0.25, 0.3) is 0 Å². The zero-order valence-electron chi connectivity index (χ0n) is 13.7. The molecule has 0 radical (unpaired) electrons. The molecule has 1 N–H and O–H groups in total. The molecular formula is C14H15Cl2F3N3O3P. The van der Waals surface area contributed by atoms with Crippen LogP contribution in [0.2, 0.25) is 10.0 Å². The van der Waals surface area contributed by atoms with Crippen LogP contribution in [0.4, 0.5) is 19.0 Å². The highest BCUT2D eigenvalue weighted by Crippen LogP contribution is 2.48. The van der Waals surface area contributed by atoms with E-state index >= 15 is 0 Å². The van der Waals surface area contributed by atoms with Gasteiger partial charge in [0.05, 0.1) is 35.0 Å². The number of nitrogens with zero attached hydrogens (tertiary/aromatic N) is 2. The quantitative estimate of drug-likeness (QED) is 0.561. The predicted molar refractivity (Wildman–Crippen MR) is 93.1 cm³/mol. The van der Waals surface area contributed by atoms with E-state index in [-0.39, 0.29) is 34.8 Å². The Morgan fingerprint density at radius 1 is 1.19 bits per heavy atom. The molecular weight excluding hydrogens is 417 g/mol. The number of nitrogens with one attached hydrogen (secondary N) is 1. The first kappa shape index (κ1) is 21.1. The van der Waals surface area contributed by atoms with Gasteiger partial charge in [-0.3, -0.25) is 14.1 Å². The van der Waals surface area contributed by atoms with Gasteiger partial charge < -0.3 is 0 Å². The van der Waals surface area contributed by atoms with Gasteiger partial charge in [0.15, 0.2) is 0 Å². The van der Waals surface area contributed by atoms with E-state index in [1.807, 2.05) is 0 Å². The van der Waals surface area contributed by atoms with Gasteiger partial charge in [0.2, 0.25) is 0 Å². The van der Waals surface area contributed by atoms with Crippen molar-refractivity contribution >= 4 is 36.8 Å². The number of aromatic nitrogens is 2.